The number of hydrogen-bond donors (Lipinski definition) is 1. The molecule has 0 saturated heterocycles. The van der Waals surface area contributed by atoms with Gasteiger partial charge in [0, 0.05) is 24.3 Å². The zero-order valence-corrected chi connectivity index (χ0v) is 13.0. The predicted octanol–water partition coefficient (Wildman–Crippen LogP) is 1.91. The van der Waals surface area contributed by atoms with Crippen LogP contribution in [0.4, 0.5) is 10.1 Å². The molecule has 0 unspecified atom stereocenters. The van der Waals surface area contributed by atoms with Gasteiger partial charge in [-0.15, -0.1) is 0 Å². The normalized spacial score (nSPS) is 13.7. The van der Waals surface area contributed by atoms with E-state index in [2.05, 4.69) is 0 Å². The van der Waals surface area contributed by atoms with Gasteiger partial charge in [0.05, 0.1) is 16.5 Å². The molecule has 23 heavy (non-hydrogen) atoms. The van der Waals surface area contributed by atoms with Gasteiger partial charge in [-0.3, -0.25) is 0 Å². The lowest BCUT2D eigenvalue weighted by atomic mass is 10.1. The fourth-order valence-corrected chi connectivity index (χ4v) is 3.30. The lowest BCUT2D eigenvalue weighted by molar-refractivity contribution is 0.597. The molecule has 3 rings (SSSR count). The third-order valence-electron chi connectivity index (χ3n) is 3.91. The number of halogens is 1. The first-order chi connectivity index (χ1) is 10.9. The molecule has 2 N–H and O–H groups in total. The average molecular weight is 331 g/mol. The van der Waals surface area contributed by atoms with E-state index in [0.29, 0.717) is 25.1 Å². The molecule has 0 bridgehead atoms. The van der Waals surface area contributed by atoms with E-state index in [1.807, 2.05) is 11.0 Å². The SMILES string of the molecule is N#Cc1ccc(CN2CCc3cc(S(N)(=O)=O)ccc32)c(F)c1. The molecule has 0 radical (unpaired) electrons. The molecule has 2 aromatic carbocycles. The third kappa shape index (κ3) is 3.04. The molecule has 0 aliphatic carbocycles. The van der Waals surface area contributed by atoms with Crippen LogP contribution in [0.3, 0.4) is 0 Å². The van der Waals surface area contributed by atoms with Crippen molar-refractivity contribution >= 4 is 15.7 Å². The summed E-state index contributed by atoms with van der Waals surface area (Å²) < 4.78 is 36.8. The molecular weight excluding hydrogens is 317 g/mol. The van der Waals surface area contributed by atoms with E-state index in [4.69, 9.17) is 10.4 Å². The zero-order valence-electron chi connectivity index (χ0n) is 12.2. The third-order valence-corrected chi connectivity index (χ3v) is 4.83. The Morgan fingerprint density at radius 2 is 2.04 bits per heavy atom. The monoisotopic (exact) mass is 331 g/mol. The first-order valence-electron chi connectivity index (χ1n) is 6.97. The van der Waals surface area contributed by atoms with Gasteiger partial charge in [-0.05, 0) is 42.3 Å². The van der Waals surface area contributed by atoms with Crippen LogP contribution >= 0.6 is 0 Å². The van der Waals surface area contributed by atoms with Gasteiger partial charge in [-0.2, -0.15) is 5.26 Å². The Morgan fingerprint density at radius 1 is 1.26 bits per heavy atom. The van der Waals surface area contributed by atoms with Crippen LogP contribution in [0.25, 0.3) is 0 Å². The number of fused-ring (bicyclic) bond motifs is 1. The van der Waals surface area contributed by atoms with Crippen molar-refractivity contribution < 1.29 is 12.8 Å². The Kier molecular flexibility index (Phi) is 3.80. The second-order valence-corrected chi connectivity index (χ2v) is 6.99. The molecule has 0 saturated carbocycles. The molecule has 0 aromatic heterocycles. The van der Waals surface area contributed by atoms with Crippen molar-refractivity contribution in [2.24, 2.45) is 5.14 Å². The second-order valence-electron chi connectivity index (χ2n) is 5.43. The maximum Gasteiger partial charge on any atom is 0.238 e. The number of nitrogens with two attached hydrogens (primary N) is 1. The van der Waals surface area contributed by atoms with E-state index in [9.17, 15) is 12.8 Å². The first kappa shape index (κ1) is 15.5. The highest BCUT2D eigenvalue weighted by molar-refractivity contribution is 7.89. The summed E-state index contributed by atoms with van der Waals surface area (Å²) in [5, 5.41) is 13.9. The molecule has 2 aromatic rings. The Bertz CT molecular complexity index is 919. The van der Waals surface area contributed by atoms with Crippen molar-refractivity contribution in [2.45, 2.75) is 17.9 Å². The summed E-state index contributed by atoms with van der Waals surface area (Å²) in [6, 6.07) is 11.0. The zero-order chi connectivity index (χ0) is 16.6. The lowest BCUT2D eigenvalue weighted by Gasteiger charge is -2.20. The summed E-state index contributed by atoms with van der Waals surface area (Å²) in [4.78, 5) is 2.06. The molecule has 0 atom stereocenters. The Hall–Kier alpha value is -2.43. The predicted molar refractivity (Wildman–Crippen MR) is 83.7 cm³/mol. The van der Waals surface area contributed by atoms with Gasteiger partial charge < -0.3 is 4.90 Å². The molecule has 7 heteroatoms. The molecule has 118 valence electrons. The fraction of sp³-hybridized carbons (Fsp3) is 0.188. The van der Waals surface area contributed by atoms with Gasteiger partial charge in [0.1, 0.15) is 5.82 Å². The van der Waals surface area contributed by atoms with Gasteiger partial charge in [0.2, 0.25) is 10.0 Å². The quantitative estimate of drug-likeness (QED) is 0.930. The minimum absolute atomic E-state index is 0.0858. The molecular formula is C16H14FN3O2S. The van der Waals surface area contributed by atoms with E-state index >= 15 is 0 Å². The number of hydrogen-bond acceptors (Lipinski definition) is 4. The Labute approximate surface area is 133 Å². The minimum Gasteiger partial charge on any atom is -0.367 e. The largest absolute Gasteiger partial charge is 0.367 e. The van der Waals surface area contributed by atoms with Crippen LogP contribution in [0.2, 0.25) is 0 Å². The highest BCUT2D eigenvalue weighted by atomic mass is 32.2. The number of rotatable bonds is 3. The minimum atomic E-state index is -3.72. The van der Waals surface area contributed by atoms with Crippen LogP contribution < -0.4 is 10.0 Å². The fourth-order valence-electron chi connectivity index (χ4n) is 2.74. The van der Waals surface area contributed by atoms with Gasteiger partial charge in [-0.1, -0.05) is 6.07 Å². The highest BCUT2D eigenvalue weighted by Gasteiger charge is 2.22. The summed E-state index contributed by atoms with van der Waals surface area (Å²) in [7, 11) is -3.72. The van der Waals surface area contributed by atoms with Crippen LogP contribution in [0.1, 0.15) is 16.7 Å². The second kappa shape index (κ2) is 5.65. The summed E-state index contributed by atoms with van der Waals surface area (Å²) in [5.41, 5.74) is 2.53. The van der Waals surface area contributed by atoms with Gasteiger partial charge >= 0.3 is 0 Å². The average Bonchev–Trinajstić information content (AvgIpc) is 2.91. The number of primary sulfonamides is 1. The van der Waals surface area contributed by atoms with Crippen LogP contribution in [-0.2, 0) is 23.0 Å². The highest BCUT2D eigenvalue weighted by Crippen LogP contribution is 2.31. The molecule has 1 heterocycles. The Balaban J connectivity index is 1.88. The smallest absolute Gasteiger partial charge is 0.238 e. The number of sulfonamides is 1. The van der Waals surface area contributed by atoms with Crippen LogP contribution in [0.5, 0.6) is 0 Å². The lowest BCUT2D eigenvalue weighted by Crippen LogP contribution is -2.20. The molecule has 0 fully saturated rings. The molecule has 0 amide bonds. The van der Waals surface area contributed by atoms with E-state index in [-0.39, 0.29) is 10.5 Å². The summed E-state index contributed by atoms with van der Waals surface area (Å²) >= 11 is 0. The van der Waals surface area contributed by atoms with Crippen LogP contribution in [0, 0.1) is 17.1 Å². The number of nitriles is 1. The summed E-state index contributed by atoms with van der Waals surface area (Å²) in [6.45, 7) is 1.03. The number of anilines is 1. The first-order valence-corrected chi connectivity index (χ1v) is 8.52. The van der Waals surface area contributed by atoms with Crippen molar-refractivity contribution in [2.75, 3.05) is 11.4 Å². The van der Waals surface area contributed by atoms with Gasteiger partial charge in [-0.25, -0.2) is 17.9 Å². The van der Waals surface area contributed by atoms with Gasteiger partial charge in [0.25, 0.3) is 0 Å². The van der Waals surface area contributed by atoms with Crippen molar-refractivity contribution in [3.05, 3.63) is 58.9 Å². The summed E-state index contributed by atoms with van der Waals surface area (Å²) in [5.74, 6) is -0.418. The molecule has 1 aliphatic rings. The summed E-state index contributed by atoms with van der Waals surface area (Å²) in [6.07, 6.45) is 0.677. The topological polar surface area (TPSA) is 87.2 Å². The van der Waals surface area contributed by atoms with Crippen LogP contribution in [-0.4, -0.2) is 15.0 Å². The maximum atomic E-state index is 14.0. The van der Waals surface area contributed by atoms with E-state index in [1.54, 1.807) is 24.3 Å². The van der Waals surface area contributed by atoms with E-state index in [0.717, 1.165) is 11.3 Å². The van der Waals surface area contributed by atoms with Crippen molar-refractivity contribution in [1.82, 2.24) is 0 Å². The standard InChI is InChI=1S/C16H14FN3O2S/c17-15-7-11(9-18)1-2-13(15)10-20-6-5-12-8-14(23(19,21)22)3-4-16(12)20/h1-4,7-8H,5-6,10H2,(H2,19,21,22). The van der Waals surface area contributed by atoms with Crippen molar-refractivity contribution in [1.29, 1.82) is 5.26 Å². The number of nitrogens with zero attached hydrogens (tertiary/aromatic N) is 2. The number of benzene rings is 2. The van der Waals surface area contributed by atoms with Crippen molar-refractivity contribution in [3.8, 4) is 6.07 Å². The van der Waals surface area contributed by atoms with Gasteiger partial charge in [0.15, 0.2) is 0 Å². The van der Waals surface area contributed by atoms with Crippen molar-refractivity contribution in [3.63, 3.8) is 0 Å². The molecule has 5 nitrogen and oxygen atoms in total. The van der Waals surface area contributed by atoms with E-state index in [1.165, 1.54) is 12.1 Å². The maximum absolute atomic E-state index is 14.0. The molecule has 1 aliphatic heterocycles. The van der Waals surface area contributed by atoms with E-state index < -0.39 is 15.8 Å². The van der Waals surface area contributed by atoms with Crippen LogP contribution in [0.15, 0.2) is 41.3 Å². The molecule has 0 spiro atoms. The Morgan fingerprint density at radius 3 is 2.70 bits per heavy atom.